The Labute approximate surface area is 183 Å². The molecule has 4 aliphatic heterocycles. The summed E-state index contributed by atoms with van der Waals surface area (Å²) in [5.74, 6) is 1.17. The van der Waals surface area contributed by atoms with E-state index in [0.29, 0.717) is 25.5 Å². The molecule has 3 amide bonds. The molecule has 0 radical (unpaired) electrons. The number of carbonyl (C=O) groups excluding carboxylic acids is 2. The molecule has 0 spiro atoms. The number of rotatable bonds is 7. The van der Waals surface area contributed by atoms with Crippen molar-refractivity contribution in [1.82, 2.24) is 24.5 Å². The first-order valence-corrected chi connectivity index (χ1v) is 11.1. The monoisotopic (exact) mass is 436 g/mol. The minimum absolute atomic E-state index is 0.179. The molecule has 172 valence electrons. The number of piperazine rings is 1. The van der Waals surface area contributed by atoms with Gasteiger partial charge in [-0.05, 0) is 4.99 Å². The van der Waals surface area contributed by atoms with E-state index in [1.807, 2.05) is 0 Å². The van der Waals surface area contributed by atoms with E-state index in [1.165, 1.54) is 16.8 Å². The van der Waals surface area contributed by atoms with E-state index in [2.05, 4.69) is 19.3 Å². The summed E-state index contributed by atoms with van der Waals surface area (Å²) in [6, 6.07) is -0.883. The van der Waals surface area contributed by atoms with Crippen LogP contribution in [0.1, 0.15) is 0 Å². The summed E-state index contributed by atoms with van der Waals surface area (Å²) in [6.07, 6.45) is 0. The van der Waals surface area contributed by atoms with E-state index < -0.39 is 6.04 Å². The van der Waals surface area contributed by atoms with E-state index >= 15 is 0 Å². The number of amidine groups is 2. The number of morpholine rings is 1. The van der Waals surface area contributed by atoms with Crippen LogP contribution in [0.4, 0.5) is 4.79 Å². The molecular weight excluding hydrogens is 402 g/mol. The zero-order chi connectivity index (χ0) is 22.0. The quantitative estimate of drug-likeness (QED) is 0.446. The number of amides is 3. The van der Waals surface area contributed by atoms with Crippen LogP contribution in [0.2, 0.25) is 0 Å². The highest BCUT2D eigenvalue weighted by Gasteiger charge is 2.53. The van der Waals surface area contributed by atoms with Crippen LogP contribution in [0, 0.1) is 0 Å². The van der Waals surface area contributed by atoms with Crippen molar-refractivity contribution in [2.45, 2.75) is 6.04 Å². The number of hydrogen-bond donors (Lipinski definition) is 1. The summed E-state index contributed by atoms with van der Waals surface area (Å²) < 4.78 is 7.54. The van der Waals surface area contributed by atoms with Crippen molar-refractivity contribution in [3.63, 3.8) is 0 Å². The van der Waals surface area contributed by atoms with Gasteiger partial charge in [0.1, 0.15) is 6.54 Å². The fourth-order valence-electron chi connectivity index (χ4n) is 4.62. The molecule has 4 heterocycles. The predicted octanol–water partition coefficient (Wildman–Crippen LogP) is -2.36. The Bertz CT molecular complexity index is 757. The van der Waals surface area contributed by atoms with Gasteiger partial charge in [0.2, 0.25) is 0 Å². The number of hydrogen-bond acceptors (Lipinski definition) is 8. The number of aliphatic hydroxyl groups is 1. The topological polar surface area (TPSA) is 95.2 Å². The lowest BCUT2D eigenvalue weighted by molar-refractivity contribution is -0.536. The second-order valence-electron chi connectivity index (χ2n) is 8.52. The second-order valence-corrected chi connectivity index (χ2v) is 8.52. The largest absolute Gasteiger partial charge is 0.395 e. The number of carbonyl (C=O) groups is 2. The van der Waals surface area contributed by atoms with Gasteiger partial charge in [0, 0.05) is 66.5 Å². The zero-order valence-electron chi connectivity index (χ0n) is 18.6. The van der Waals surface area contributed by atoms with Gasteiger partial charge in [-0.2, -0.15) is 0 Å². The number of aliphatic hydroxyl groups excluding tert-OH is 1. The lowest BCUT2D eigenvalue weighted by Crippen LogP contribution is -2.62. The third-order valence-electron chi connectivity index (χ3n) is 6.62. The van der Waals surface area contributed by atoms with Gasteiger partial charge in [0.15, 0.2) is 0 Å². The molecule has 4 rings (SSSR count). The first-order valence-electron chi connectivity index (χ1n) is 11.1. The number of likely N-dealkylation sites (N-methyl/N-ethyl adjacent to an activating group) is 2. The number of imide groups is 1. The van der Waals surface area contributed by atoms with Crippen LogP contribution in [0.3, 0.4) is 0 Å². The lowest BCUT2D eigenvalue weighted by atomic mass is 10.1. The third-order valence-corrected chi connectivity index (χ3v) is 6.62. The zero-order valence-corrected chi connectivity index (χ0v) is 18.6. The molecule has 0 saturated carbocycles. The molecule has 3 fully saturated rings. The molecule has 11 heteroatoms. The van der Waals surface area contributed by atoms with Crippen LogP contribution in [-0.4, -0.2) is 163 Å². The summed E-state index contributed by atoms with van der Waals surface area (Å²) in [5.41, 5.74) is 0. The van der Waals surface area contributed by atoms with Gasteiger partial charge < -0.3 is 9.84 Å². The molecule has 1 atom stereocenters. The molecule has 4 aliphatic rings. The Morgan fingerprint density at radius 1 is 0.968 bits per heavy atom. The van der Waals surface area contributed by atoms with Crippen molar-refractivity contribution < 1.29 is 24.0 Å². The van der Waals surface area contributed by atoms with Gasteiger partial charge in [0.05, 0.1) is 26.4 Å². The highest BCUT2D eigenvalue weighted by atomic mass is 16.5. The third kappa shape index (κ3) is 4.65. The van der Waals surface area contributed by atoms with Crippen molar-refractivity contribution in [1.29, 1.82) is 0 Å². The Balaban J connectivity index is 1.51. The van der Waals surface area contributed by atoms with Gasteiger partial charge >= 0.3 is 11.9 Å². The van der Waals surface area contributed by atoms with E-state index in [-0.39, 0.29) is 18.5 Å². The van der Waals surface area contributed by atoms with Crippen LogP contribution in [0.25, 0.3) is 0 Å². The average Bonchev–Trinajstić information content (AvgIpc) is 3.15. The molecule has 1 N–H and O–H groups in total. The van der Waals surface area contributed by atoms with E-state index in [9.17, 15) is 9.59 Å². The molecule has 0 aromatic rings. The number of ether oxygens (including phenoxy) is 1. The molecule has 0 aromatic heterocycles. The highest BCUT2D eigenvalue weighted by molar-refractivity contribution is 6.23. The smallest absolute Gasteiger partial charge is 0.333 e. The first-order chi connectivity index (χ1) is 15.0. The van der Waals surface area contributed by atoms with E-state index in [4.69, 9.17) is 14.8 Å². The van der Waals surface area contributed by atoms with Crippen LogP contribution in [-0.2, 0) is 9.53 Å². The highest BCUT2D eigenvalue weighted by Crippen LogP contribution is 2.19. The summed E-state index contributed by atoms with van der Waals surface area (Å²) in [7, 11) is 3.23. The molecular formula is C20H34N7O4+. The normalized spacial score (nSPS) is 26.7. The van der Waals surface area contributed by atoms with E-state index in [0.717, 1.165) is 64.9 Å². The van der Waals surface area contributed by atoms with Gasteiger partial charge in [0.25, 0.3) is 17.8 Å². The Kier molecular flexibility index (Phi) is 6.97. The maximum absolute atomic E-state index is 13.0. The lowest BCUT2D eigenvalue weighted by Gasteiger charge is -2.33. The predicted molar refractivity (Wildman–Crippen MR) is 115 cm³/mol. The van der Waals surface area contributed by atoms with Gasteiger partial charge in [-0.1, -0.05) is 0 Å². The number of fused-ring (bicyclic) bond motifs is 1. The van der Waals surface area contributed by atoms with E-state index in [1.54, 1.807) is 7.05 Å². The van der Waals surface area contributed by atoms with Crippen LogP contribution < -0.4 is 0 Å². The minimum Gasteiger partial charge on any atom is -0.395 e. The van der Waals surface area contributed by atoms with Gasteiger partial charge in [-0.25, -0.2) is 9.37 Å². The second kappa shape index (κ2) is 9.70. The van der Waals surface area contributed by atoms with Crippen LogP contribution in [0.15, 0.2) is 4.99 Å². The minimum atomic E-state index is -0.542. The maximum atomic E-state index is 13.0. The van der Waals surface area contributed by atoms with Crippen molar-refractivity contribution in [3.05, 3.63) is 0 Å². The molecule has 0 aromatic carbocycles. The average molecular weight is 437 g/mol. The van der Waals surface area contributed by atoms with Crippen molar-refractivity contribution in [3.8, 4) is 0 Å². The SMILES string of the molecule is CN1C(=O)C2C(=NC(CN3CCN(CCO)CC3)=[N+]2CCN2CCOCC2)N(C)C1=O. The van der Waals surface area contributed by atoms with Crippen molar-refractivity contribution in [2.24, 2.45) is 4.99 Å². The van der Waals surface area contributed by atoms with Gasteiger partial charge in [-0.15, -0.1) is 0 Å². The first kappa shape index (κ1) is 22.3. The van der Waals surface area contributed by atoms with Crippen LogP contribution in [0.5, 0.6) is 0 Å². The van der Waals surface area contributed by atoms with Crippen molar-refractivity contribution >= 4 is 23.6 Å². The molecule has 1 unspecified atom stereocenters. The molecule has 11 nitrogen and oxygen atoms in total. The van der Waals surface area contributed by atoms with Crippen LogP contribution >= 0.6 is 0 Å². The number of nitrogens with zero attached hydrogens (tertiary/aromatic N) is 7. The fraction of sp³-hybridized carbons (Fsp3) is 0.800. The maximum Gasteiger partial charge on any atom is 0.333 e. The Morgan fingerprint density at radius 3 is 2.29 bits per heavy atom. The van der Waals surface area contributed by atoms with Gasteiger partial charge in [-0.3, -0.25) is 29.3 Å². The summed E-state index contributed by atoms with van der Waals surface area (Å²) in [5, 5.41) is 9.16. The number of urea groups is 1. The molecule has 0 bridgehead atoms. The molecule has 31 heavy (non-hydrogen) atoms. The Morgan fingerprint density at radius 2 is 1.61 bits per heavy atom. The standard InChI is InChI=1S/C20H34N7O4/c1-22-18-17(19(29)23(2)20(22)30)27(8-7-25-10-13-31-14-11-25)16(21-18)15-26-5-3-24(4-6-26)9-12-28/h17,28H,3-15H2,1-2H3/q+1. The summed E-state index contributed by atoms with van der Waals surface area (Å²) in [4.78, 5) is 39.9. The molecule has 0 aliphatic carbocycles. The number of β-amino-alcohol motifs (C(OH)–C–C–N with tert-alkyl or cyclic N) is 1. The number of aliphatic imine (C=N–C) groups is 1. The van der Waals surface area contributed by atoms with Crippen molar-refractivity contribution in [2.75, 3.05) is 99.4 Å². The fourth-order valence-corrected chi connectivity index (χ4v) is 4.62. The summed E-state index contributed by atoms with van der Waals surface area (Å²) in [6.45, 7) is 9.87. The molecule has 3 saturated heterocycles. The Hall–Kier alpha value is -1.92. The summed E-state index contributed by atoms with van der Waals surface area (Å²) >= 11 is 0.